The Hall–Kier alpha value is -4.14. The van der Waals surface area contributed by atoms with E-state index in [2.05, 4.69) is 20.8 Å². The summed E-state index contributed by atoms with van der Waals surface area (Å²) in [4.78, 5) is 41.8. The molecule has 0 aliphatic carbocycles. The van der Waals surface area contributed by atoms with Gasteiger partial charge in [0.15, 0.2) is 0 Å². The molecule has 1 saturated heterocycles. The highest BCUT2D eigenvalue weighted by Crippen LogP contribution is 2.17. The number of carbonyl (C=O) groups excluding carboxylic acids is 3. The molecule has 1 fully saturated rings. The van der Waals surface area contributed by atoms with E-state index in [-0.39, 0.29) is 30.1 Å². The third-order valence-electron chi connectivity index (χ3n) is 7.23. The van der Waals surface area contributed by atoms with E-state index in [1.165, 1.54) is 6.20 Å². The molecule has 1 aliphatic rings. The normalized spacial score (nSPS) is 15.0. The predicted octanol–water partition coefficient (Wildman–Crippen LogP) is 4.90. The highest BCUT2D eigenvalue weighted by atomic mass is 16.5. The molecular formula is C32H41N5O4. The van der Waals surface area contributed by atoms with Crippen LogP contribution in [-0.4, -0.2) is 58.0 Å². The molecular weight excluding hydrogens is 518 g/mol. The molecule has 2 atom stereocenters. The fourth-order valence-corrected chi connectivity index (χ4v) is 4.98. The van der Waals surface area contributed by atoms with Gasteiger partial charge < -0.3 is 20.3 Å². The minimum Gasteiger partial charge on any atom is -0.489 e. The zero-order valence-corrected chi connectivity index (χ0v) is 24.0. The molecule has 0 saturated carbocycles. The summed E-state index contributed by atoms with van der Waals surface area (Å²) in [5.41, 5.74) is 2.25. The van der Waals surface area contributed by atoms with Gasteiger partial charge in [0, 0.05) is 25.7 Å². The van der Waals surface area contributed by atoms with Crippen LogP contribution in [-0.2, 0) is 17.8 Å². The number of likely N-dealkylation sites (tertiary alicyclic amines) is 1. The van der Waals surface area contributed by atoms with Crippen molar-refractivity contribution in [3.63, 3.8) is 0 Å². The van der Waals surface area contributed by atoms with Crippen molar-refractivity contribution < 1.29 is 19.1 Å². The first-order valence-corrected chi connectivity index (χ1v) is 14.5. The molecule has 9 heteroatoms. The number of carbonyl (C=O) groups is 3. The van der Waals surface area contributed by atoms with Gasteiger partial charge in [0.1, 0.15) is 24.1 Å². The second-order valence-electron chi connectivity index (χ2n) is 11.1. The SMILES string of the molecule is CC(C)C[C@H](NC(=O)N1CCCCCC1)C(=O)N[C@@H](Cc1ccc(OCc2ccccc2)cc1)C(=O)c1ccn[nH]1. The molecule has 0 unspecified atom stereocenters. The van der Waals surface area contributed by atoms with E-state index in [1.54, 1.807) is 11.0 Å². The molecule has 3 N–H and O–H groups in total. The lowest BCUT2D eigenvalue weighted by molar-refractivity contribution is -0.123. The van der Waals surface area contributed by atoms with Gasteiger partial charge >= 0.3 is 6.03 Å². The summed E-state index contributed by atoms with van der Waals surface area (Å²) in [6, 6.07) is 17.2. The summed E-state index contributed by atoms with van der Waals surface area (Å²) < 4.78 is 5.89. The largest absolute Gasteiger partial charge is 0.489 e. The second kappa shape index (κ2) is 15.0. The number of H-pyrrole nitrogens is 1. The smallest absolute Gasteiger partial charge is 0.318 e. The standard InChI is InChI=1S/C32H41N5O4/c1-23(2)20-29(35-32(40)37-18-8-3-4-9-19-37)31(39)34-28(30(38)27-16-17-33-36-27)21-24-12-14-26(15-13-24)41-22-25-10-6-5-7-11-25/h5-7,10-17,23,28-29H,3-4,8-9,18-22H2,1-2H3,(H,33,36)(H,34,39)(H,35,40)/t28-,29-/m0/s1. The number of nitrogens with zero attached hydrogens (tertiary/aromatic N) is 2. The number of hydrogen-bond acceptors (Lipinski definition) is 5. The van der Waals surface area contributed by atoms with E-state index in [0.717, 1.165) is 36.8 Å². The molecule has 4 rings (SSSR count). The Labute approximate surface area is 242 Å². The fourth-order valence-electron chi connectivity index (χ4n) is 4.98. The first-order valence-electron chi connectivity index (χ1n) is 14.5. The molecule has 9 nitrogen and oxygen atoms in total. The van der Waals surface area contributed by atoms with Gasteiger partial charge in [-0.15, -0.1) is 0 Å². The number of ketones is 1. The molecule has 1 aromatic heterocycles. The van der Waals surface area contributed by atoms with Crippen LogP contribution in [0.3, 0.4) is 0 Å². The van der Waals surface area contributed by atoms with Gasteiger partial charge in [-0.05, 0) is 54.5 Å². The summed E-state index contributed by atoms with van der Waals surface area (Å²) in [5.74, 6) is 0.233. The summed E-state index contributed by atoms with van der Waals surface area (Å²) in [5, 5.41) is 12.5. The number of aromatic amines is 1. The van der Waals surface area contributed by atoms with Crippen LogP contribution in [0.5, 0.6) is 5.75 Å². The van der Waals surface area contributed by atoms with Gasteiger partial charge in [-0.25, -0.2) is 4.79 Å². The average Bonchev–Trinajstić information content (AvgIpc) is 3.38. The Bertz CT molecular complexity index is 1240. The first-order chi connectivity index (χ1) is 19.9. The third-order valence-corrected chi connectivity index (χ3v) is 7.23. The van der Waals surface area contributed by atoms with Gasteiger partial charge in [-0.1, -0.05) is 69.2 Å². The van der Waals surface area contributed by atoms with Crippen LogP contribution in [0.4, 0.5) is 4.79 Å². The zero-order valence-electron chi connectivity index (χ0n) is 24.0. The molecule has 2 aromatic carbocycles. The first kappa shape index (κ1) is 29.8. The van der Waals surface area contributed by atoms with Crippen molar-refractivity contribution in [2.24, 2.45) is 5.92 Å². The minimum atomic E-state index is -0.844. The van der Waals surface area contributed by atoms with E-state index in [9.17, 15) is 14.4 Å². The van der Waals surface area contributed by atoms with E-state index in [0.29, 0.717) is 37.6 Å². The zero-order chi connectivity index (χ0) is 29.0. The number of nitrogens with one attached hydrogen (secondary N) is 3. The molecule has 1 aliphatic heterocycles. The highest BCUT2D eigenvalue weighted by molar-refractivity contribution is 6.01. The van der Waals surface area contributed by atoms with Crippen molar-refractivity contribution in [1.29, 1.82) is 0 Å². The Kier molecular flexibility index (Phi) is 10.9. The maximum atomic E-state index is 13.6. The van der Waals surface area contributed by atoms with Crippen LogP contribution in [0.15, 0.2) is 66.9 Å². The van der Waals surface area contributed by atoms with Crippen LogP contribution >= 0.6 is 0 Å². The van der Waals surface area contributed by atoms with Gasteiger partial charge in [0.2, 0.25) is 11.7 Å². The van der Waals surface area contributed by atoms with E-state index >= 15 is 0 Å². The average molecular weight is 560 g/mol. The number of Topliss-reactive ketones (excluding diaryl/α,β-unsaturated/α-hetero) is 1. The molecule has 0 radical (unpaired) electrons. The summed E-state index contributed by atoms with van der Waals surface area (Å²) in [7, 11) is 0. The van der Waals surface area contributed by atoms with Crippen LogP contribution < -0.4 is 15.4 Å². The van der Waals surface area contributed by atoms with Gasteiger partial charge in [0.25, 0.3) is 0 Å². The molecule has 2 heterocycles. The number of rotatable bonds is 12. The molecule has 218 valence electrons. The summed E-state index contributed by atoms with van der Waals surface area (Å²) >= 11 is 0. The lowest BCUT2D eigenvalue weighted by atomic mass is 9.98. The van der Waals surface area contributed by atoms with Crippen molar-refractivity contribution in [3.8, 4) is 5.75 Å². The Morgan fingerprint density at radius 3 is 2.22 bits per heavy atom. The molecule has 3 amide bonds. The van der Waals surface area contributed by atoms with Crippen molar-refractivity contribution in [2.75, 3.05) is 13.1 Å². The van der Waals surface area contributed by atoms with Crippen molar-refractivity contribution in [1.82, 2.24) is 25.7 Å². The number of hydrogen-bond donors (Lipinski definition) is 3. The van der Waals surface area contributed by atoms with Gasteiger partial charge in [-0.3, -0.25) is 14.7 Å². The van der Waals surface area contributed by atoms with Gasteiger partial charge in [0.05, 0.1) is 6.04 Å². The number of amides is 3. The van der Waals surface area contributed by atoms with Crippen LogP contribution in [0, 0.1) is 5.92 Å². The van der Waals surface area contributed by atoms with Crippen molar-refractivity contribution in [2.45, 2.75) is 71.1 Å². The Balaban J connectivity index is 1.44. The second-order valence-corrected chi connectivity index (χ2v) is 11.1. The summed E-state index contributed by atoms with van der Waals surface area (Å²) in [6.45, 7) is 5.85. The van der Waals surface area contributed by atoms with Crippen LogP contribution in [0.25, 0.3) is 0 Å². The third kappa shape index (κ3) is 9.20. The lowest BCUT2D eigenvalue weighted by Crippen LogP contribution is -2.55. The van der Waals surface area contributed by atoms with Crippen LogP contribution in [0.1, 0.15) is 67.6 Å². The van der Waals surface area contributed by atoms with Gasteiger partial charge in [-0.2, -0.15) is 5.10 Å². The quantitative estimate of drug-likeness (QED) is 0.273. The van der Waals surface area contributed by atoms with E-state index in [1.807, 2.05) is 68.4 Å². The molecule has 41 heavy (non-hydrogen) atoms. The predicted molar refractivity (Wildman–Crippen MR) is 158 cm³/mol. The van der Waals surface area contributed by atoms with E-state index < -0.39 is 12.1 Å². The lowest BCUT2D eigenvalue weighted by Gasteiger charge is -2.27. The molecule has 0 spiro atoms. The number of benzene rings is 2. The highest BCUT2D eigenvalue weighted by Gasteiger charge is 2.30. The van der Waals surface area contributed by atoms with E-state index in [4.69, 9.17) is 4.74 Å². The van der Waals surface area contributed by atoms with Crippen molar-refractivity contribution in [3.05, 3.63) is 83.7 Å². The fraction of sp³-hybridized carbons (Fsp3) is 0.438. The maximum absolute atomic E-state index is 13.6. The van der Waals surface area contributed by atoms with Crippen molar-refractivity contribution >= 4 is 17.7 Å². The Morgan fingerprint density at radius 2 is 1.59 bits per heavy atom. The maximum Gasteiger partial charge on any atom is 0.318 e. The number of urea groups is 1. The number of aromatic nitrogens is 2. The Morgan fingerprint density at radius 1 is 0.878 bits per heavy atom. The monoisotopic (exact) mass is 559 g/mol. The number of ether oxygens (including phenoxy) is 1. The molecule has 0 bridgehead atoms. The topological polar surface area (TPSA) is 116 Å². The minimum absolute atomic E-state index is 0.167. The summed E-state index contributed by atoms with van der Waals surface area (Å²) in [6.07, 6.45) is 6.39. The van der Waals surface area contributed by atoms with Crippen LogP contribution in [0.2, 0.25) is 0 Å². The molecule has 3 aromatic rings.